The van der Waals surface area contributed by atoms with Gasteiger partial charge in [0.15, 0.2) is 0 Å². The number of hydrogen-bond acceptors (Lipinski definition) is 4. The van der Waals surface area contributed by atoms with Crippen LogP contribution in [0, 0.1) is 5.92 Å². The average Bonchev–Trinajstić information content (AvgIpc) is 3.23. The molecule has 3 N–H and O–H groups in total. The highest BCUT2D eigenvalue weighted by molar-refractivity contribution is 7.12. The minimum atomic E-state index is -0.514. The van der Waals surface area contributed by atoms with Crippen molar-refractivity contribution in [2.24, 2.45) is 11.7 Å². The zero-order valence-electron chi connectivity index (χ0n) is 13.0. The molecule has 2 heterocycles. The van der Waals surface area contributed by atoms with E-state index in [1.54, 1.807) is 5.38 Å². The average molecular weight is 364 g/mol. The minimum absolute atomic E-state index is 0.155. The number of thiophene rings is 1. The third-order valence-corrected chi connectivity index (χ3v) is 5.32. The number of nitrogens with one attached hydrogen (secondary N) is 1. The lowest BCUT2D eigenvalue weighted by molar-refractivity contribution is 0.0952. The van der Waals surface area contributed by atoms with Gasteiger partial charge in [-0.1, -0.05) is 11.6 Å². The molecule has 1 atom stereocenters. The molecular formula is C17H18ClN3O2S. The molecule has 1 aliphatic heterocycles. The van der Waals surface area contributed by atoms with Crippen LogP contribution in [-0.4, -0.2) is 31.4 Å². The van der Waals surface area contributed by atoms with Crippen molar-refractivity contribution in [2.45, 2.75) is 6.42 Å². The van der Waals surface area contributed by atoms with Crippen LogP contribution in [0.25, 0.3) is 0 Å². The van der Waals surface area contributed by atoms with Crippen LogP contribution in [0.4, 0.5) is 5.69 Å². The molecule has 2 aromatic rings. The van der Waals surface area contributed by atoms with E-state index in [9.17, 15) is 9.59 Å². The zero-order chi connectivity index (χ0) is 17.1. The van der Waals surface area contributed by atoms with Crippen molar-refractivity contribution in [3.63, 3.8) is 0 Å². The fourth-order valence-electron chi connectivity index (χ4n) is 2.79. The minimum Gasteiger partial charge on any atom is -0.371 e. The topological polar surface area (TPSA) is 75.4 Å². The first-order valence-electron chi connectivity index (χ1n) is 7.70. The van der Waals surface area contributed by atoms with E-state index >= 15 is 0 Å². The van der Waals surface area contributed by atoms with E-state index < -0.39 is 5.91 Å². The van der Waals surface area contributed by atoms with Crippen molar-refractivity contribution in [1.82, 2.24) is 5.32 Å². The van der Waals surface area contributed by atoms with Gasteiger partial charge in [0.25, 0.3) is 5.91 Å². The maximum atomic E-state index is 12.1. The number of nitrogens with two attached hydrogens (primary N) is 1. The summed E-state index contributed by atoms with van der Waals surface area (Å²) < 4.78 is 0. The summed E-state index contributed by atoms with van der Waals surface area (Å²) in [4.78, 5) is 26.0. The highest BCUT2D eigenvalue weighted by atomic mass is 35.5. The lowest BCUT2D eigenvalue weighted by Crippen LogP contribution is -2.30. The number of primary amides is 1. The monoisotopic (exact) mass is 363 g/mol. The molecular weight excluding hydrogens is 346 g/mol. The second kappa shape index (κ2) is 7.23. The Balaban J connectivity index is 1.51. The molecule has 3 rings (SSSR count). The number of carbonyl (C=O) groups is 2. The van der Waals surface area contributed by atoms with Gasteiger partial charge in [0, 0.05) is 35.7 Å². The van der Waals surface area contributed by atoms with Crippen LogP contribution in [0.5, 0.6) is 0 Å². The van der Waals surface area contributed by atoms with Gasteiger partial charge >= 0.3 is 0 Å². The van der Waals surface area contributed by atoms with Gasteiger partial charge in [0.05, 0.1) is 10.4 Å². The summed E-state index contributed by atoms with van der Waals surface area (Å²) in [5, 5.41) is 5.28. The summed E-state index contributed by atoms with van der Waals surface area (Å²) in [6, 6.07) is 9.34. The van der Waals surface area contributed by atoms with Crippen LogP contribution in [-0.2, 0) is 0 Å². The van der Waals surface area contributed by atoms with Crippen molar-refractivity contribution < 1.29 is 9.59 Å². The van der Waals surface area contributed by atoms with Crippen LogP contribution in [0.3, 0.4) is 0 Å². The third-order valence-electron chi connectivity index (χ3n) is 4.14. The molecule has 126 valence electrons. The van der Waals surface area contributed by atoms with E-state index in [1.807, 2.05) is 24.3 Å². The summed E-state index contributed by atoms with van der Waals surface area (Å²) in [5.74, 6) is -0.266. The largest absolute Gasteiger partial charge is 0.371 e. The molecule has 0 aliphatic carbocycles. The van der Waals surface area contributed by atoms with Gasteiger partial charge in [-0.3, -0.25) is 9.59 Å². The smallest absolute Gasteiger partial charge is 0.261 e. The van der Waals surface area contributed by atoms with E-state index in [1.165, 1.54) is 17.4 Å². The highest BCUT2D eigenvalue weighted by Crippen LogP contribution is 2.25. The molecule has 1 unspecified atom stereocenters. The maximum Gasteiger partial charge on any atom is 0.261 e. The number of nitrogens with zero attached hydrogens (tertiary/aromatic N) is 1. The van der Waals surface area contributed by atoms with Crippen molar-refractivity contribution in [3.8, 4) is 0 Å². The second-order valence-electron chi connectivity index (χ2n) is 5.85. The lowest BCUT2D eigenvalue weighted by atomic mass is 10.1. The van der Waals surface area contributed by atoms with Crippen LogP contribution < -0.4 is 16.0 Å². The normalized spacial score (nSPS) is 17.0. The van der Waals surface area contributed by atoms with E-state index in [2.05, 4.69) is 10.2 Å². The molecule has 1 fully saturated rings. The van der Waals surface area contributed by atoms with Crippen molar-refractivity contribution in [2.75, 3.05) is 24.5 Å². The Hall–Kier alpha value is -2.05. The number of carbonyl (C=O) groups excluding carboxylic acids is 2. The van der Waals surface area contributed by atoms with Crippen molar-refractivity contribution in [1.29, 1.82) is 0 Å². The molecule has 24 heavy (non-hydrogen) atoms. The van der Waals surface area contributed by atoms with E-state index in [0.717, 1.165) is 30.2 Å². The first-order chi connectivity index (χ1) is 11.5. The fourth-order valence-corrected chi connectivity index (χ4v) is 3.73. The molecule has 0 bridgehead atoms. The lowest BCUT2D eigenvalue weighted by Gasteiger charge is -2.18. The SMILES string of the molecule is NC(=O)c1csc(C(=O)NCC2CCN(c3ccc(Cl)cc3)C2)c1. The van der Waals surface area contributed by atoms with Crippen LogP contribution >= 0.6 is 22.9 Å². The fraction of sp³-hybridized carbons (Fsp3) is 0.294. The van der Waals surface area contributed by atoms with Crippen molar-refractivity contribution >= 4 is 40.4 Å². The summed E-state index contributed by atoms with van der Waals surface area (Å²) in [6.07, 6.45) is 1.03. The van der Waals surface area contributed by atoms with Crippen LogP contribution in [0.2, 0.25) is 5.02 Å². The molecule has 0 radical (unpaired) electrons. The number of amides is 2. The van der Waals surface area contributed by atoms with Gasteiger partial charge in [-0.15, -0.1) is 11.3 Å². The Bertz CT molecular complexity index is 745. The second-order valence-corrected chi connectivity index (χ2v) is 7.20. The molecule has 0 spiro atoms. The molecule has 7 heteroatoms. The van der Waals surface area contributed by atoms with E-state index in [4.69, 9.17) is 17.3 Å². The molecule has 1 saturated heterocycles. The summed E-state index contributed by atoms with van der Waals surface area (Å²) in [7, 11) is 0. The summed E-state index contributed by atoms with van der Waals surface area (Å²) in [6.45, 7) is 2.48. The van der Waals surface area contributed by atoms with E-state index in [-0.39, 0.29) is 5.91 Å². The third kappa shape index (κ3) is 3.88. The Morgan fingerprint density at radius 1 is 1.33 bits per heavy atom. The van der Waals surface area contributed by atoms with Gasteiger partial charge < -0.3 is 16.0 Å². The Labute approximate surface area is 149 Å². The Morgan fingerprint density at radius 2 is 2.08 bits per heavy atom. The van der Waals surface area contributed by atoms with Gasteiger partial charge in [-0.05, 0) is 42.7 Å². The number of benzene rings is 1. The molecule has 5 nitrogen and oxygen atoms in total. The van der Waals surface area contributed by atoms with Gasteiger partial charge in [-0.25, -0.2) is 0 Å². The standard InChI is InChI=1S/C17H18ClN3O2S/c18-13-1-3-14(4-2-13)21-6-5-11(9-21)8-20-17(23)15-7-12(10-24-15)16(19)22/h1-4,7,10-11H,5-6,8-9H2,(H2,19,22)(H,20,23). The molecule has 1 aromatic carbocycles. The predicted octanol–water partition coefficient (Wildman–Crippen LogP) is 2.76. The van der Waals surface area contributed by atoms with Gasteiger partial charge in [0.1, 0.15) is 0 Å². The molecule has 1 aromatic heterocycles. The zero-order valence-corrected chi connectivity index (χ0v) is 14.6. The predicted molar refractivity (Wildman–Crippen MR) is 96.9 cm³/mol. The molecule has 2 amide bonds. The van der Waals surface area contributed by atoms with Crippen molar-refractivity contribution in [3.05, 3.63) is 51.2 Å². The Morgan fingerprint density at radius 3 is 2.75 bits per heavy atom. The van der Waals surface area contributed by atoms with Gasteiger partial charge in [0.2, 0.25) is 5.91 Å². The number of rotatable bonds is 5. The number of hydrogen-bond donors (Lipinski definition) is 2. The Kier molecular flexibility index (Phi) is 5.06. The number of anilines is 1. The molecule has 1 aliphatic rings. The first kappa shape index (κ1) is 16.8. The highest BCUT2D eigenvalue weighted by Gasteiger charge is 2.23. The van der Waals surface area contributed by atoms with E-state index in [0.29, 0.717) is 22.9 Å². The van der Waals surface area contributed by atoms with Gasteiger partial charge in [-0.2, -0.15) is 0 Å². The first-order valence-corrected chi connectivity index (χ1v) is 8.96. The summed E-state index contributed by atoms with van der Waals surface area (Å²) >= 11 is 7.15. The molecule has 0 saturated carbocycles. The maximum absolute atomic E-state index is 12.1. The quantitative estimate of drug-likeness (QED) is 0.857. The number of halogens is 1. The summed E-state index contributed by atoms with van der Waals surface area (Å²) in [5.41, 5.74) is 6.73. The van der Waals surface area contributed by atoms with Crippen LogP contribution in [0.15, 0.2) is 35.7 Å². The van der Waals surface area contributed by atoms with Crippen LogP contribution in [0.1, 0.15) is 26.5 Å².